The van der Waals surface area contributed by atoms with Crippen LogP contribution in [0.4, 0.5) is 5.69 Å². The number of nitrogens with zero attached hydrogens (tertiary/aromatic N) is 1. The Balaban J connectivity index is 1.45. The number of anilines is 1. The molecule has 2 aliphatic rings. The van der Waals surface area contributed by atoms with E-state index in [2.05, 4.69) is 10.3 Å². The van der Waals surface area contributed by atoms with E-state index in [1.165, 1.54) is 12.8 Å². The zero-order chi connectivity index (χ0) is 16.0. The van der Waals surface area contributed by atoms with E-state index in [4.69, 9.17) is 4.42 Å². The highest BCUT2D eigenvalue weighted by atomic mass is 16.3. The summed E-state index contributed by atoms with van der Waals surface area (Å²) in [6.07, 6.45) is 6.51. The SMILES string of the molecule is Cc1coc(-c2cc(NC(=O)[C@H]3C[C@H](C4CC4)C3)ccc2C)n1. The summed E-state index contributed by atoms with van der Waals surface area (Å²) in [6.45, 7) is 3.92. The van der Waals surface area contributed by atoms with Gasteiger partial charge in [0.2, 0.25) is 11.8 Å². The Kier molecular flexibility index (Phi) is 3.47. The molecule has 4 nitrogen and oxygen atoms in total. The third-order valence-electron chi connectivity index (χ3n) is 5.19. The average Bonchev–Trinajstić information content (AvgIpc) is 3.20. The number of hydrogen-bond donors (Lipinski definition) is 1. The second kappa shape index (κ2) is 5.52. The molecule has 1 aromatic carbocycles. The van der Waals surface area contributed by atoms with Gasteiger partial charge in [0.05, 0.1) is 5.69 Å². The summed E-state index contributed by atoms with van der Waals surface area (Å²) in [5, 5.41) is 3.06. The average molecular weight is 310 g/mol. The fraction of sp³-hybridized carbons (Fsp3) is 0.474. The van der Waals surface area contributed by atoms with Crippen molar-refractivity contribution in [1.82, 2.24) is 4.98 Å². The lowest BCUT2D eigenvalue weighted by molar-refractivity contribution is -0.124. The second-order valence-corrected chi connectivity index (χ2v) is 7.08. The first-order valence-corrected chi connectivity index (χ1v) is 8.44. The molecule has 2 aliphatic carbocycles. The molecule has 2 saturated carbocycles. The lowest BCUT2D eigenvalue weighted by atomic mass is 9.72. The number of oxazole rings is 1. The highest BCUT2D eigenvalue weighted by Gasteiger charge is 2.42. The Labute approximate surface area is 136 Å². The molecule has 0 bridgehead atoms. The van der Waals surface area contributed by atoms with Gasteiger partial charge in [-0.15, -0.1) is 0 Å². The molecule has 0 saturated heterocycles. The quantitative estimate of drug-likeness (QED) is 0.914. The summed E-state index contributed by atoms with van der Waals surface area (Å²) in [4.78, 5) is 16.8. The summed E-state index contributed by atoms with van der Waals surface area (Å²) < 4.78 is 5.49. The molecule has 23 heavy (non-hydrogen) atoms. The molecule has 4 heteroatoms. The summed E-state index contributed by atoms with van der Waals surface area (Å²) >= 11 is 0. The van der Waals surface area contributed by atoms with Gasteiger partial charge in [0.1, 0.15) is 6.26 Å². The van der Waals surface area contributed by atoms with Gasteiger partial charge < -0.3 is 9.73 Å². The second-order valence-electron chi connectivity index (χ2n) is 7.08. The van der Waals surface area contributed by atoms with Crippen LogP contribution in [0.5, 0.6) is 0 Å². The molecule has 4 rings (SSSR count). The van der Waals surface area contributed by atoms with Crippen LogP contribution in [-0.4, -0.2) is 10.9 Å². The Morgan fingerprint density at radius 3 is 2.65 bits per heavy atom. The minimum atomic E-state index is 0.153. The van der Waals surface area contributed by atoms with Gasteiger partial charge in [-0.3, -0.25) is 4.79 Å². The van der Waals surface area contributed by atoms with E-state index in [1.54, 1.807) is 6.26 Å². The fourth-order valence-electron chi connectivity index (χ4n) is 3.48. The smallest absolute Gasteiger partial charge is 0.227 e. The molecule has 0 radical (unpaired) electrons. The number of benzene rings is 1. The standard InChI is InChI=1S/C19H22N2O2/c1-11-3-6-16(9-17(11)19-20-12(2)10-23-19)21-18(22)15-7-14(8-15)13-4-5-13/h3,6,9-10,13-15H,4-5,7-8H2,1-2H3,(H,21,22)/t14-,15-. The van der Waals surface area contributed by atoms with Gasteiger partial charge in [0, 0.05) is 17.2 Å². The Morgan fingerprint density at radius 1 is 1.22 bits per heavy atom. The summed E-state index contributed by atoms with van der Waals surface area (Å²) in [5.41, 5.74) is 3.69. The Bertz CT molecular complexity index is 740. The summed E-state index contributed by atoms with van der Waals surface area (Å²) in [6, 6.07) is 5.90. The van der Waals surface area contributed by atoms with Crippen molar-refractivity contribution in [3.8, 4) is 11.5 Å². The number of amides is 1. The number of hydrogen-bond acceptors (Lipinski definition) is 3. The van der Waals surface area contributed by atoms with Gasteiger partial charge in [0.15, 0.2) is 0 Å². The number of aromatic nitrogens is 1. The van der Waals surface area contributed by atoms with E-state index in [-0.39, 0.29) is 11.8 Å². The molecule has 0 atom stereocenters. The van der Waals surface area contributed by atoms with Crippen LogP contribution < -0.4 is 5.32 Å². The Hall–Kier alpha value is -2.10. The number of rotatable bonds is 4. The van der Waals surface area contributed by atoms with Gasteiger partial charge in [0.25, 0.3) is 0 Å². The van der Waals surface area contributed by atoms with Crippen molar-refractivity contribution >= 4 is 11.6 Å². The zero-order valence-corrected chi connectivity index (χ0v) is 13.6. The molecular formula is C19H22N2O2. The van der Waals surface area contributed by atoms with Crippen LogP contribution in [0.1, 0.15) is 36.9 Å². The normalized spacial score (nSPS) is 23.4. The third kappa shape index (κ3) is 2.90. The van der Waals surface area contributed by atoms with Crippen molar-refractivity contribution in [3.05, 3.63) is 35.7 Å². The van der Waals surface area contributed by atoms with Crippen LogP contribution >= 0.6 is 0 Å². The number of aryl methyl sites for hydroxylation is 2. The van der Waals surface area contributed by atoms with Crippen molar-refractivity contribution in [1.29, 1.82) is 0 Å². The molecule has 1 N–H and O–H groups in total. The molecule has 120 valence electrons. The first kappa shape index (κ1) is 14.5. The monoisotopic (exact) mass is 310 g/mol. The van der Waals surface area contributed by atoms with Crippen LogP contribution in [0, 0.1) is 31.6 Å². The van der Waals surface area contributed by atoms with Crippen molar-refractivity contribution in [2.75, 3.05) is 5.32 Å². The molecule has 0 spiro atoms. The largest absolute Gasteiger partial charge is 0.444 e. The lowest BCUT2D eigenvalue weighted by Crippen LogP contribution is -2.35. The fourth-order valence-corrected chi connectivity index (χ4v) is 3.48. The van der Waals surface area contributed by atoms with Crippen molar-refractivity contribution in [2.24, 2.45) is 17.8 Å². The van der Waals surface area contributed by atoms with Crippen LogP contribution in [0.25, 0.3) is 11.5 Å². The van der Waals surface area contributed by atoms with Crippen LogP contribution in [0.15, 0.2) is 28.9 Å². The molecule has 1 aromatic heterocycles. The van der Waals surface area contributed by atoms with E-state index in [1.807, 2.05) is 32.0 Å². The van der Waals surface area contributed by atoms with E-state index in [0.29, 0.717) is 5.89 Å². The predicted molar refractivity (Wildman–Crippen MR) is 89.0 cm³/mol. The molecule has 2 fully saturated rings. The summed E-state index contributed by atoms with van der Waals surface area (Å²) in [7, 11) is 0. The van der Waals surface area contributed by atoms with E-state index in [9.17, 15) is 4.79 Å². The predicted octanol–water partition coefficient (Wildman–Crippen LogP) is 4.33. The topological polar surface area (TPSA) is 55.1 Å². The van der Waals surface area contributed by atoms with Gasteiger partial charge >= 0.3 is 0 Å². The van der Waals surface area contributed by atoms with Gasteiger partial charge in [-0.05, 0) is 69.1 Å². The number of carbonyl (C=O) groups is 1. The van der Waals surface area contributed by atoms with E-state index in [0.717, 1.165) is 47.2 Å². The highest BCUT2D eigenvalue weighted by Crippen LogP contribution is 2.49. The minimum absolute atomic E-state index is 0.153. The van der Waals surface area contributed by atoms with Crippen molar-refractivity contribution < 1.29 is 9.21 Å². The van der Waals surface area contributed by atoms with Crippen LogP contribution in [-0.2, 0) is 4.79 Å². The van der Waals surface area contributed by atoms with Crippen LogP contribution in [0.3, 0.4) is 0 Å². The Morgan fingerprint density at radius 2 is 2.00 bits per heavy atom. The maximum Gasteiger partial charge on any atom is 0.227 e. The number of carbonyl (C=O) groups excluding carboxylic acids is 1. The number of nitrogens with one attached hydrogen (secondary N) is 1. The third-order valence-corrected chi connectivity index (χ3v) is 5.19. The maximum absolute atomic E-state index is 12.4. The first-order chi connectivity index (χ1) is 11.1. The van der Waals surface area contributed by atoms with Gasteiger partial charge in [-0.25, -0.2) is 4.98 Å². The maximum atomic E-state index is 12.4. The molecule has 0 aliphatic heterocycles. The minimum Gasteiger partial charge on any atom is -0.444 e. The first-order valence-electron chi connectivity index (χ1n) is 8.44. The van der Waals surface area contributed by atoms with E-state index >= 15 is 0 Å². The zero-order valence-electron chi connectivity index (χ0n) is 13.6. The van der Waals surface area contributed by atoms with Crippen molar-refractivity contribution in [3.63, 3.8) is 0 Å². The van der Waals surface area contributed by atoms with Gasteiger partial charge in [-0.1, -0.05) is 6.07 Å². The molecule has 0 unspecified atom stereocenters. The summed E-state index contributed by atoms with van der Waals surface area (Å²) in [5.74, 6) is 2.66. The molecule has 1 amide bonds. The molecule has 1 heterocycles. The van der Waals surface area contributed by atoms with Gasteiger partial charge in [-0.2, -0.15) is 0 Å². The molecular weight excluding hydrogens is 288 g/mol. The van der Waals surface area contributed by atoms with Crippen LogP contribution in [0.2, 0.25) is 0 Å². The van der Waals surface area contributed by atoms with Crippen molar-refractivity contribution in [2.45, 2.75) is 39.5 Å². The molecule has 2 aromatic rings. The van der Waals surface area contributed by atoms with E-state index < -0.39 is 0 Å². The highest BCUT2D eigenvalue weighted by molar-refractivity contribution is 5.93. The lowest BCUT2D eigenvalue weighted by Gasteiger charge is -2.34.